The molecule has 122 valence electrons. The van der Waals surface area contributed by atoms with Gasteiger partial charge in [0, 0.05) is 39.0 Å². The summed E-state index contributed by atoms with van der Waals surface area (Å²) in [4.78, 5) is 30.2. The lowest BCUT2D eigenvalue weighted by molar-refractivity contribution is -0.121. The van der Waals surface area contributed by atoms with Gasteiger partial charge in [-0.15, -0.1) is 0 Å². The van der Waals surface area contributed by atoms with Gasteiger partial charge in [-0.2, -0.15) is 0 Å². The van der Waals surface area contributed by atoms with Crippen LogP contribution in [0.3, 0.4) is 0 Å². The van der Waals surface area contributed by atoms with Crippen molar-refractivity contribution in [2.75, 3.05) is 19.6 Å². The Morgan fingerprint density at radius 2 is 2.18 bits per heavy atom. The number of nitrogens with zero attached hydrogens (tertiary/aromatic N) is 2. The molecule has 7 heteroatoms. The van der Waals surface area contributed by atoms with Crippen LogP contribution < -0.4 is 11.1 Å². The SMILES string of the molecule is Cc1nc(C)c(C(=O)N2CCCCC2CNC(=O)CCN)o1. The van der Waals surface area contributed by atoms with Crippen LogP contribution in [0.25, 0.3) is 0 Å². The van der Waals surface area contributed by atoms with Gasteiger partial charge in [0.2, 0.25) is 11.7 Å². The van der Waals surface area contributed by atoms with Crippen molar-refractivity contribution < 1.29 is 14.0 Å². The molecule has 1 saturated heterocycles. The third kappa shape index (κ3) is 3.85. The minimum atomic E-state index is -0.143. The Balaban J connectivity index is 2.04. The summed E-state index contributed by atoms with van der Waals surface area (Å²) in [6, 6.07) is -0.00668. The fourth-order valence-electron chi connectivity index (χ4n) is 2.79. The zero-order chi connectivity index (χ0) is 16.1. The Hall–Kier alpha value is -1.89. The fourth-order valence-corrected chi connectivity index (χ4v) is 2.79. The number of aromatic nitrogens is 1. The molecule has 0 aliphatic carbocycles. The summed E-state index contributed by atoms with van der Waals surface area (Å²) in [6.45, 7) is 4.96. The van der Waals surface area contributed by atoms with E-state index in [9.17, 15) is 9.59 Å². The van der Waals surface area contributed by atoms with Gasteiger partial charge in [0.05, 0.1) is 5.69 Å². The number of likely N-dealkylation sites (tertiary alicyclic amines) is 1. The summed E-state index contributed by atoms with van der Waals surface area (Å²) in [7, 11) is 0. The van der Waals surface area contributed by atoms with E-state index in [-0.39, 0.29) is 17.9 Å². The third-order valence-corrected chi connectivity index (χ3v) is 3.89. The molecular formula is C15H24N4O3. The van der Waals surface area contributed by atoms with Crippen molar-refractivity contribution in [3.63, 3.8) is 0 Å². The second-order valence-corrected chi connectivity index (χ2v) is 5.64. The van der Waals surface area contributed by atoms with Gasteiger partial charge >= 0.3 is 0 Å². The number of carbonyl (C=O) groups is 2. The van der Waals surface area contributed by atoms with Gasteiger partial charge in [-0.1, -0.05) is 0 Å². The first-order valence-corrected chi connectivity index (χ1v) is 7.74. The van der Waals surface area contributed by atoms with E-state index in [4.69, 9.17) is 10.2 Å². The molecule has 2 rings (SSSR count). The molecule has 1 aliphatic heterocycles. The Morgan fingerprint density at radius 1 is 1.41 bits per heavy atom. The molecule has 7 nitrogen and oxygen atoms in total. The number of rotatable bonds is 5. The largest absolute Gasteiger partial charge is 0.436 e. The van der Waals surface area contributed by atoms with Gasteiger partial charge in [0.1, 0.15) is 0 Å². The molecule has 1 aromatic heterocycles. The summed E-state index contributed by atoms with van der Waals surface area (Å²) in [6.07, 6.45) is 3.20. The summed E-state index contributed by atoms with van der Waals surface area (Å²) in [5, 5.41) is 2.85. The van der Waals surface area contributed by atoms with Crippen LogP contribution in [0.1, 0.15) is 47.8 Å². The van der Waals surface area contributed by atoms with Crippen molar-refractivity contribution in [1.29, 1.82) is 0 Å². The van der Waals surface area contributed by atoms with Crippen LogP contribution in [0.15, 0.2) is 4.42 Å². The second kappa shape index (κ2) is 7.40. The molecule has 1 aliphatic rings. The van der Waals surface area contributed by atoms with Gasteiger partial charge in [-0.3, -0.25) is 9.59 Å². The molecule has 1 atom stereocenters. The molecule has 0 bridgehead atoms. The second-order valence-electron chi connectivity index (χ2n) is 5.64. The van der Waals surface area contributed by atoms with Crippen LogP contribution in [-0.4, -0.2) is 47.4 Å². The number of hydrogen-bond donors (Lipinski definition) is 2. The predicted octanol–water partition coefficient (Wildman–Crippen LogP) is 0.751. The number of carbonyl (C=O) groups excluding carboxylic acids is 2. The first kappa shape index (κ1) is 16.5. The average Bonchev–Trinajstić information content (AvgIpc) is 2.84. The predicted molar refractivity (Wildman–Crippen MR) is 81.3 cm³/mol. The van der Waals surface area contributed by atoms with Crippen LogP contribution in [-0.2, 0) is 4.79 Å². The van der Waals surface area contributed by atoms with Gasteiger partial charge in [-0.25, -0.2) is 4.98 Å². The van der Waals surface area contributed by atoms with Crippen LogP contribution >= 0.6 is 0 Å². The van der Waals surface area contributed by atoms with E-state index in [1.165, 1.54) is 0 Å². The van der Waals surface area contributed by atoms with Gasteiger partial charge in [-0.05, 0) is 26.2 Å². The summed E-state index contributed by atoms with van der Waals surface area (Å²) < 4.78 is 5.44. The first-order valence-electron chi connectivity index (χ1n) is 7.74. The highest BCUT2D eigenvalue weighted by Gasteiger charge is 2.30. The molecule has 0 radical (unpaired) electrons. The van der Waals surface area contributed by atoms with E-state index in [1.54, 1.807) is 18.7 Å². The number of nitrogens with two attached hydrogens (primary N) is 1. The molecule has 0 spiro atoms. The quantitative estimate of drug-likeness (QED) is 0.836. The van der Waals surface area contributed by atoms with Gasteiger partial charge in [0.25, 0.3) is 5.91 Å². The fraction of sp³-hybridized carbons (Fsp3) is 0.667. The van der Waals surface area contributed by atoms with Crippen molar-refractivity contribution >= 4 is 11.8 Å². The number of oxazole rings is 1. The van der Waals surface area contributed by atoms with Crippen molar-refractivity contribution in [3.8, 4) is 0 Å². The Morgan fingerprint density at radius 3 is 2.82 bits per heavy atom. The number of aryl methyl sites for hydroxylation is 2. The van der Waals surface area contributed by atoms with Crippen molar-refractivity contribution in [3.05, 3.63) is 17.3 Å². The maximum absolute atomic E-state index is 12.7. The number of hydrogen-bond acceptors (Lipinski definition) is 5. The minimum absolute atomic E-state index is 0.00668. The first-order chi connectivity index (χ1) is 10.5. The molecule has 0 aromatic carbocycles. The maximum atomic E-state index is 12.7. The monoisotopic (exact) mass is 308 g/mol. The third-order valence-electron chi connectivity index (χ3n) is 3.89. The van der Waals surface area contributed by atoms with E-state index in [1.807, 2.05) is 0 Å². The normalized spacial score (nSPS) is 18.3. The van der Waals surface area contributed by atoms with E-state index >= 15 is 0 Å². The highest BCUT2D eigenvalue weighted by Crippen LogP contribution is 2.21. The Labute approximate surface area is 130 Å². The van der Waals surface area contributed by atoms with E-state index in [0.717, 1.165) is 19.3 Å². The van der Waals surface area contributed by atoms with Crippen LogP contribution in [0.2, 0.25) is 0 Å². The van der Waals surface area contributed by atoms with E-state index < -0.39 is 0 Å². The summed E-state index contributed by atoms with van der Waals surface area (Å²) >= 11 is 0. The molecule has 3 N–H and O–H groups in total. The molecule has 1 fully saturated rings. The highest BCUT2D eigenvalue weighted by atomic mass is 16.4. The molecular weight excluding hydrogens is 284 g/mol. The summed E-state index contributed by atoms with van der Waals surface area (Å²) in [5.41, 5.74) is 5.97. The van der Waals surface area contributed by atoms with Crippen LogP contribution in [0, 0.1) is 13.8 Å². The molecule has 1 unspecified atom stereocenters. The van der Waals surface area contributed by atoms with Crippen LogP contribution in [0.5, 0.6) is 0 Å². The molecule has 1 aromatic rings. The standard InChI is InChI=1S/C15H24N4O3/c1-10-14(22-11(2)18-10)15(21)19-8-4-3-5-12(19)9-17-13(20)6-7-16/h12H,3-9,16H2,1-2H3,(H,17,20). The lowest BCUT2D eigenvalue weighted by Crippen LogP contribution is -2.49. The molecule has 2 heterocycles. The Kier molecular flexibility index (Phi) is 5.54. The van der Waals surface area contributed by atoms with E-state index in [0.29, 0.717) is 43.4 Å². The molecule has 2 amide bonds. The molecule has 0 saturated carbocycles. The minimum Gasteiger partial charge on any atom is -0.436 e. The van der Waals surface area contributed by atoms with Crippen LogP contribution in [0.4, 0.5) is 0 Å². The number of amides is 2. The lowest BCUT2D eigenvalue weighted by atomic mass is 10.0. The van der Waals surface area contributed by atoms with Crippen molar-refractivity contribution in [2.45, 2.75) is 45.6 Å². The highest BCUT2D eigenvalue weighted by molar-refractivity contribution is 5.92. The zero-order valence-corrected chi connectivity index (χ0v) is 13.2. The van der Waals surface area contributed by atoms with Crippen molar-refractivity contribution in [1.82, 2.24) is 15.2 Å². The van der Waals surface area contributed by atoms with Crippen molar-refractivity contribution in [2.24, 2.45) is 5.73 Å². The zero-order valence-electron chi connectivity index (χ0n) is 13.2. The maximum Gasteiger partial charge on any atom is 0.291 e. The van der Waals surface area contributed by atoms with Gasteiger partial charge < -0.3 is 20.4 Å². The average molecular weight is 308 g/mol. The lowest BCUT2D eigenvalue weighted by Gasteiger charge is -2.35. The topological polar surface area (TPSA) is 101 Å². The Bertz CT molecular complexity index is 541. The smallest absolute Gasteiger partial charge is 0.291 e. The summed E-state index contributed by atoms with van der Waals surface area (Å²) in [5.74, 6) is 0.575. The molecule has 22 heavy (non-hydrogen) atoms. The van der Waals surface area contributed by atoms with Gasteiger partial charge in [0.15, 0.2) is 5.89 Å². The number of nitrogens with one attached hydrogen (secondary N) is 1. The number of piperidine rings is 1. The van der Waals surface area contributed by atoms with E-state index in [2.05, 4.69) is 10.3 Å².